The van der Waals surface area contributed by atoms with E-state index in [4.69, 9.17) is 10.7 Å². The first kappa shape index (κ1) is 26.7. The molecule has 4 heterocycles. The second-order valence-corrected chi connectivity index (χ2v) is 10.4. The number of rotatable bonds is 7. The molecule has 0 spiro atoms. The van der Waals surface area contributed by atoms with Crippen molar-refractivity contribution >= 4 is 39.6 Å². The summed E-state index contributed by atoms with van der Waals surface area (Å²) in [6, 6.07) is 2.92. The van der Waals surface area contributed by atoms with Crippen molar-refractivity contribution in [2.45, 2.75) is 77.2 Å². The van der Waals surface area contributed by atoms with E-state index >= 15 is 0 Å². The van der Waals surface area contributed by atoms with E-state index in [0.29, 0.717) is 47.4 Å². The molecule has 1 amide bonds. The van der Waals surface area contributed by atoms with Crippen LogP contribution in [0.15, 0.2) is 23.1 Å². The highest BCUT2D eigenvalue weighted by atomic mass is 16.7. The Balaban J connectivity index is 1.64. The van der Waals surface area contributed by atoms with Crippen LogP contribution >= 0.6 is 0 Å². The molecule has 5 rings (SSSR count). The van der Waals surface area contributed by atoms with Crippen molar-refractivity contribution in [3.8, 4) is 0 Å². The van der Waals surface area contributed by atoms with Crippen LogP contribution < -0.4 is 16.7 Å². The summed E-state index contributed by atoms with van der Waals surface area (Å²) in [5.41, 5.74) is 6.07. The Morgan fingerprint density at radius 1 is 1.18 bits per heavy atom. The molecule has 0 aliphatic heterocycles. The van der Waals surface area contributed by atoms with Gasteiger partial charge in [-0.3, -0.25) is 9.36 Å². The zero-order valence-electron chi connectivity index (χ0n) is 22.1. The molecule has 0 aromatic carbocycles. The van der Waals surface area contributed by atoms with Crippen LogP contribution in [-0.4, -0.2) is 61.3 Å². The molecular formula is C25H32N8O6. The van der Waals surface area contributed by atoms with Gasteiger partial charge in [-0.15, -0.1) is 0 Å². The van der Waals surface area contributed by atoms with E-state index in [9.17, 15) is 30.0 Å². The number of aromatic nitrogens is 6. The Hall–Kier alpha value is -3.85. The number of imidazole rings is 1. The number of aliphatic hydroxyl groups excluding tert-OH is 1. The molecule has 7 N–H and O–H groups in total. The Labute approximate surface area is 222 Å². The van der Waals surface area contributed by atoms with Gasteiger partial charge in [0.1, 0.15) is 17.2 Å². The van der Waals surface area contributed by atoms with Gasteiger partial charge < -0.3 is 31.5 Å². The van der Waals surface area contributed by atoms with Crippen molar-refractivity contribution in [1.29, 1.82) is 0 Å². The third kappa shape index (κ3) is 4.25. The lowest BCUT2D eigenvalue weighted by atomic mass is 9.98. The summed E-state index contributed by atoms with van der Waals surface area (Å²) < 4.78 is 3.31. The number of amides is 1. The number of hydrogen-bond acceptors (Lipinski definition) is 10. The number of fused-ring (bicyclic) bond motifs is 2. The number of pyridine rings is 2. The van der Waals surface area contributed by atoms with Crippen molar-refractivity contribution in [1.82, 2.24) is 28.9 Å². The fourth-order valence-corrected chi connectivity index (χ4v) is 5.47. The number of nitrogens with zero attached hydrogens (tertiary/aromatic N) is 6. The van der Waals surface area contributed by atoms with Crippen molar-refractivity contribution in [2.75, 3.05) is 5.32 Å². The number of aryl methyl sites for hydroxylation is 2. The third-order valence-electron chi connectivity index (χ3n) is 7.75. The minimum Gasteiger partial charge on any atom is -0.393 e. The van der Waals surface area contributed by atoms with Crippen LogP contribution in [0.1, 0.15) is 56.8 Å². The normalized spacial score (nSPS) is 19.6. The van der Waals surface area contributed by atoms with Gasteiger partial charge in [0.2, 0.25) is 5.91 Å². The molecule has 3 atom stereocenters. The fourth-order valence-electron chi connectivity index (χ4n) is 5.47. The summed E-state index contributed by atoms with van der Waals surface area (Å²) in [5.74, 6) is 0.140. The molecule has 39 heavy (non-hydrogen) atoms. The minimum atomic E-state index is -3.44. The predicted molar refractivity (Wildman–Crippen MR) is 141 cm³/mol. The van der Waals surface area contributed by atoms with Gasteiger partial charge in [-0.2, -0.15) is 5.10 Å². The molecule has 1 aliphatic rings. The van der Waals surface area contributed by atoms with Crippen LogP contribution in [0.4, 0.5) is 11.6 Å². The van der Waals surface area contributed by atoms with Gasteiger partial charge >= 0.3 is 11.8 Å². The van der Waals surface area contributed by atoms with E-state index in [1.54, 1.807) is 17.7 Å². The number of nitrogens with one attached hydrogen (secondary N) is 1. The molecule has 4 aromatic heterocycles. The summed E-state index contributed by atoms with van der Waals surface area (Å²) in [4.78, 5) is 34.5. The van der Waals surface area contributed by atoms with Gasteiger partial charge in [-0.05, 0) is 58.1 Å². The van der Waals surface area contributed by atoms with E-state index in [1.807, 2.05) is 20.8 Å². The van der Waals surface area contributed by atoms with Gasteiger partial charge in [-0.1, -0.05) is 6.92 Å². The Kier molecular flexibility index (Phi) is 6.25. The van der Waals surface area contributed by atoms with Crippen LogP contribution in [-0.2, 0) is 16.4 Å². The molecule has 0 radical (unpaired) electrons. The smallest absolute Gasteiger partial charge is 0.377 e. The predicted octanol–water partition coefficient (Wildman–Crippen LogP) is 0.544. The zero-order chi connectivity index (χ0) is 28.4. The number of anilines is 2. The maximum Gasteiger partial charge on any atom is 0.377 e. The topological polar surface area (TPSA) is 207 Å². The van der Waals surface area contributed by atoms with Gasteiger partial charge in [0.15, 0.2) is 5.65 Å². The van der Waals surface area contributed by atoms with E-state index < -0.39 is 35.4 Å². The van der Waals surface area contributed by atoms with Crippen molar-refractivity contribution in [3.05, 3.63) is 40.1 Å². The first-order chi connectivity index (χ1) is 18.3. The molecule has 208 valence electrons. The van der Waals surface area contributed by atoms with E-state index in [1.165, 1.54) is 16.8 Å². The van der Waals surface area contributed by atoms with E-state index in [0.717, 1.165) is 10.9 Å². The second kappa shape index (κ2) is 9.12. The molecule has 0 bridgehead atoms. The fraction of sp³-hybridized carbons (Fsp3) is 0.480. The quantitative estimate of drug-likeness (QED) is 0.179. The van der Waals surface area contributed by atoms with E-state index in [2.05, 4.69) is 15.4 Å². The summed E-state index contributed by atoms with van der Waals surface area (Å²) in [6.07, 6.45) is -1.11. The first-order valence-electron chi connectivity index (χ1n) is 12.7. The number of nitrogens with two attached hydrogens (primary N) is 1. The van der Waals surface area contributed by atoms with Gasteiger partial charge in [0.25, 0.3) is 0 Å². The monoisotopic (exact) mass is 540 g/mol. The summed E-state index contributed by atoms with van der Waals surface area (Å²) >= 11 is 0. The van der Waals surface area contributed by atoms with Crippen molar-refractivity contribution in [2.24, 2.45) is 5.73 Å². The molecule has 1 aliphatic carbocycles. The van der Waals surface area contributed by atoms with Crippen LogP contribution in [0.5, 0.6) is 0 Å². The van der Waals surface area contributed by atoms with Crippen LogP contribution in [0.25, 0.3) is 22.1 Å². The SMILES string of the molecule is CCC(C)(C(N)=O)n1nc(C)c2c(C)cc(Nc3cc4c(cn3)n(C(O)(O)O)c(=O)n4C3CCC(O)C3)nc21. The Bertz CT molecular complexity index is 1670. The molecule has 1 saturated carbocycles. The lowest BCUT2D eigenvalue weighted by Crippen LogP contribution is -2.44. The molecule has 14 nitrogen and oxygen atoms in total. The van der Waals surface area contributed by atoms with E-state index in [-0.39, 0.29) is 16.9 Å². The number of primary amides is 1. The van der Waals surface area contributed by atoms with Gasteiger partial charge in [0, 0.05) is 17.5 Å². The third-order valence-corrected chi connectivity index (χ3v) is 7.75. The highest BCUT2D eigenvalue weighted by molar-refractivity contribution is 5.89. The molecule has 14 heteroatoms. The Morgan fingerprint density at radius 3 is 2.49 bits per heavy atom. The Morgan fingerprint density at radius 2 is 1.90 bits per heavy atom. The minimum absolute atomic E-state index is 0.00657. The van der Waals surface area contributed by atoms with Crippen LogP contribution in [0, 0.1) is 13.8 Å². The van der Waals surface area contributed by atoms with Crippen LogP contribution in [0.2, 0.25) is 0 Å². The van der Waals surface area contributed by atoms with Gasteiger partial charge in [0.05, 0.1) is 29.0 Å². The standard InChI is InChI=1S/C25H32N8O6/c1-5-24(4,22(26)35)33-21-20(13(3)30-33)12(2)8-19(29-21)28-18-10-16-17(11-27-18)32(25(37,38)39)23(36)31(16)14-6-7-15(34)9-14/h8,10-11,14-15,34,37-39H,5-7,9H2,1-4H3,(H2,26,35)(H,27,28,29). The maximum absolute atomic E-state index is 13.2. The average molecular weight is 541 g/mol. The average Bonchev–Trinajstić information content (AvgIpc) is 3.50. The van der Waals surface area contributed by atoms with Crippen LogP contribution in [0.3, 0.4) is 0 Å². The number of hydrogen-bond donors (Lipinski definition) is 6. The zero-order valence-corrected chi connectivity index (χ0v) is 22.1. The number of carbonyl (C=O) groups excluding carboxylic acids is 1. The molecule has 4 aromatic rings. The largest absolute Gasteiger partial charge is 0.393 e. The van der Waals surface area contributed by atoms with Crippen molar-refractivity contribution in [3.63, 3.8) is 0 Å². The highest BCUT2D eigenvalue weighted by Gasteiger charge is 2.36. The lowest BCUT2D eigenvalue weighted by molar-refractivity contribution is -0.374. The second-order valence-electron chi connectivity index (χ2n) is 10.4. The molecule has 3 unspecified atom stereocenters. The summed E-state index contributed by atoms with van der Waals surface area (Å²) in [6.45, 7) is 7.28. The molecule has 1 fully saturated rings. The summed E-state index contributed by atoms with van der Waals surface area (Å²) in [5, 5.41) is 48.2. The van der Waals surface area contributed by atoms with Crippen molar-refractivity contribution < 1.29 is 25.2 Å². The number of carbonyl (C=O) groups is 1. The summed E-state index contributed by atoms with van der Waals surface area (Å²) in [7, 11) is 0. The molecule has 0 saturated heterocycles. The van der Waals surface area contributed by atoms with Gasteiger partial charge in [-0.25, -0.2) is 24.0 Å². The highest BCUT2D eigenvalue weighted by Crippen LogP contribution is 2.34. The first-order valence-corrected chi connectivity index (χ1v) is 12.7. The number of aliphatic hydroxyl groups is 4. The lowest BCUT2D eigenvalue weighted by Gasteiger charge is -2.25. The maximum atomic E-state index is 13.2. The molecular weight excluding hydrogens is 508 g/mol.